The number of anilines is 2. The zero-order valence-corrected chi connectivity index (χ0v) is 15.5. The number of fused-ring (bicyclic) bond motifs is 1. The maximum absolute atomic E-state index is 4.83. The molecular formula is C20H26N6. The maximum atomic E-state index is 4.83. The third-order valence-corrected chi connectivity index (χ3v) is 6.18. The van der Waals surface area contributed by atoms with Gasteiger partial charge >= 0.3 is 0 Å². The molecule has 2 saturated heterocycles. The van der Waals surface area contributed by atoms with Crippen LogP contribution in [-0.2, 0) is 5.41 Å². The van der Waals surface area contributed by atoms with Crippen LogP contribution in [0.25, 0.3) is 0 Å². The molecule has 136 valence electrons. The molecule has 5 rings (SSSR count). The fourth-order valence-corrected chi connectivity index (χ4v) is 4.75. The van der Waals surface area contributed by atoms with Crippen molar-refractivity contribution in [3.05, 3.63) is 42.2 Å². The van der Waals surface area contributed by atoms with Crippen LogP contribution in [0.1, 0.15) is 25.8 Å². The second-order valence-electron chi connectivity index (χ2n) is 8.62. The normalized spacial score (nSPS) is 29.5. The molecule has 26 heavy (non-hydrogen) atoms. The van der Waals surface area contributed by atoms with Gasteiger partial charge in [0.1, 0.15) is 6.33 Å². The highest BCUT2D eigenvalue weighted by Crippen LogP contribution is 2.59. The van der Waals surface area contributed by atoms with E-state index in [-0.39, 0.29) is 5.54 Å². The van der Waals surface area contributed by atoms with Gasteiger partial charge in [0.2, 0.25) is 11.9 Å². The molecule has 6 nitrogen and oxygen atoms in total. The molecule has 3 aliphatic rings. The first-order valence-corrected chi connectivity index (χ1v) is 9.55. The van der Waals surface area contributed by atoms with Gasteiger partial charge in [-0.25, -0.2) is 9.97 Å². The third-order valence-electron chi connectivity index (χ3n) is 6.18. The summed E-state index contributed by atoms with van der Waals surface area (Å²) in [6, 6.07) is 10.9. The van der Waals surface area contributed by atoms with Gasteiger partial charge in [-0.2, -0.15) is 4.98 Å². The zero-order chi connectivity index (χ0) is 17.8. The van der Waals surface area contributed by atoms with E-state index in [2.05, 4.69) is 69.3 Å². The van der Waals surface area contributed by atoms with Crippen molar-refractivity contribution in [1.29, 1.82) is 0 Å². The molecular weight excluding hydrogens is 324 g/mol. The van der Waals surface area contributed by atoms with Gasteiger partial charge in [0, 0.05) is 43.7 Å². The van der Waals surface area contributed by atoms with Gasteiger partial charge in [-0.1, -0.05) is 30.3 Å². The van der Waals surface area contributed by atoms with Gasteiger partial charge in [0.05, 0.1) is 0 Å². The van der Waals surface area contributed by atoms with E-state index in [9.17, 15) is 0 Å². The Bertz CT molecular complexity index is 807. The molecule has 0 bridgehead atoms. The van der Waals surface area contributed by atoms with Crippen molar-refractivity contribution in [2.45, 2.75) is 31.2 Å². The SMILES string of the molecule is CC1(C)CN(c2ncnc(N3C[C@@H]4C[C@]4(c4ccccc4)C3)n2)CCN1. The first-order chi connectivity index (χ1) is 12.6. The zero-order valence-electron chi connectivity index (χ0n) is 15.5. The summed E-state index contributed by atoms with van der Waals surface area (Å²) < 4.78 is 0. The molecule has 3 heterocycles. The highest BCUT2D eigenvalue weighted by molar-refractivity contribution is 5.48. The summed E-state index contributed by atoms with van der Waals surface area (Å²) in [6.07, 6.45) is 2.96. The Morgan fingerprint density at radius 1 is 1.04 bits per heavy atom. The monoisotopic (exact) mass is 350 g/mol. The quantitative estimate of drug-likeness (QED) is 0.912. The Labute approximate surface area is 154 Å². The lowest BCUT2D eigenvalue weighted by Gasteiger charge is -2.39. The summed E-state index contributed by atoms with van der Waals surface area (Å²) in [7, 11) is 0. The molecule has 2 aliphatic heterocycles. The molecule has 0 unspecified atom stereocenters. The van der Waals surface area contributed by atoms with Crippen LogP contribution >= 0.6 is 0 Å². The maximum Gasteiger partial charge on any atom is 0.230 e. The summed E-state index contributed by atoms with van der Waals surface area (Å²) in [5, 5.41) is 3.54. The van der Waals surface area contributed by atoms with Crippen molar-refractivity contribution < 1.29 is 0 Å². The van der Waals surface area contributed by atoms with Crippen LogP contribution in [-0.4, -0.2) is 53.2 Å². The van der Waals surface area contributed by atoms with E-state index in [4.69, 9.17) is 4.98 Å². The average molecular weight is 350 g/mol. The van der Waals surface area contributed by atoms with E-state index < -0.39 is 0 Å². The Morgan fingerprint density at radius 2 is 1.81 bits per heavy atom. The van der Waals surface area contributed by atoms with Crippen LogP contribution in [0, 0.1) is 5.92 Å². The van der Waals surface area contributed by atoms with Crippen LogP contribution < -0.4 is 15.1 Å². The van der Waals surface area contributed by atoms with Gasteiger partial charge in [-0.15, -0.1) is 0 Å². The van der Waals surface area contributed by atoms with Crippen LogP contribution in [0.3, 0.4) is 0 Å². The topological polar surface area (TPSA) is 57.2 Å². The number of hydrogen-bond donors (Lipinski definition) is 1. The van der Waals surface area contributed by atoms with Gasteiger partial charge in [-0.05, 0) is 31.7 Å². The Hall–Kier alpha value is -2.21. The number of piperazine rings is 1. The van der Waals surface area contributed by atoms with Crippen molar-refractivity contribution in [2.75, 3.05) is 42.5 Å². The van der Waals surface area contributed by atoms with Crippen molar-refractivity contribution in [3.63, 3.8) is 0 Å². The molecule has 1 aromatic heterocycles. The summed E-state index contributed by atoms with van der Waals surface area (Å²) in [5.74, 6) is 2.36. The summed E-state index contributed by atoms with van der Waals surface area (Å²) in [5.41, 5.74) is 1.86. The molecule has 0 radical (unpaired) electrons. The van der Waals surface area contributed by atoms with Gasteiger partial charge < -0.3 is 15.1 Å². The average Bonchev–Trinajstić information content (AvgIpc) is 3.23. The Kier molecular flexibility index (Phi) is 3.47. The molecule has 6 heteroatoms. The molecule has 0 spiro atoms. The van der Waals surface area contributed by atoms with Crippen LogP contribution in [0.5, 0.6) is 0 Å². The predicted octanol–water partition coefficient (Wildman–Crippen LogP) is 1.84. The molecule has 2 aromatic rings. The lowest BCUT2D eigenvalue weighted by Crippen LogP contribution is -2.57. The second kappa shape index (κ2) is 5.64. The van der Waals surface area contributed by atoms with Crippen molar-refractivity contribution in [3.8, 4) is 0 Å². The number of hydrogen-bond acceptors (Lipinski definition) is 6. The van der Waals surface area contributed by atoms with Crippen LogP contribution in [0.15, 0.2) is 36.7 Å². The minimum absolute atomic E-state index is 0.0810. The minimum Gasteiger partial charge on any atom is -0.339 e. The third kappa shape index (κ3) is 2.63. The number of aromatic nitrogens is 3. The van der Waals surface area contributed by atoms with Gasteiger partial charge in [0.15, 0.2) is 0 Å². The van der Waals surface area contributed by atoms with Crippen molar-refractivity contribution in [2.24, 2.45) is 5.92 Å². The van der Waals surface area contributed by atoms with Crippen molar-refractivity contribution >= 4 is 11.9 Å². The lowest BCUT2D eigenvalue weighted by atomic mass is 9.95. The molecule has 3 fully saturated rings. The number of rotatable bonds is 3. The van der Waals surface area contributed by atoms with E-state index in [0.29, 0.717) is 5.41 Å². The highest BCUT2D eigenvalue weighted by atomic mass is 15.4. The Balaban J connectivity index is 1.36. The van der Waals surface area contributed by atoms with Gasteiger partial charge in [-0.3, -0.25) is 0 Å². The second-order valence-corrected chi connectivity index (χ2v) is 8.62. The Morgan fingerprint density at radius 3 is 2.58 bits per heavy atom. The number of benzene rings is 1. The fourth-order valence-electron chi connectivity index (χ4n) is 4.75. The van der Waals surface area contributed by atoms with E-state index >= 15 is 0 Å². The molecule has 0 amide bonds. The first-order valence-electron chi connectivity index (χ1n) is 9.55. The van der Waals surface area contributed by atoms with Crippen LogP contribution in [0.2, 0.25) is 0 Å². The highest BCUT2D eigenvalue weighted by Gasteiger charge is 2.61. The van der Waals surface area contributed by atoms with E-state index in [0.717, 1.165) is 50.5 Å². The molecule has 2 atom stereocenters. The van der Waals surface area contributed by atoms with E-state index in [1.165, 1.54) is 12.0 Å². The molecule has 1 aliphatic carbocycles. The predicted molar refractivity (Wildman–Crippen MR) is 103 cm³/mol. The summed E-state index contributed by atoms with van der Waals surface area (Å²) in [6.45, 7) is 9.30. The van der Waals surface area contributed by atoms with Crippen molar-refractivity contribution in [1.82, 2.24) is 20.3 Å². The number of nitrogens with one attached hydrogen (secondary N) is 1. The fraction of sp³-hybridized carbons (Fsp3) is 0.550. The largest absolute Gasteiger partial charge is 0.339 e. The lowest BCUT2D eigenvalue weighted by molar-refractivity contribution is 0.350. The van der Waals surface area contributed by atoms with E-state index in [1.807, 2.05) is 0 Å². The van der Waals surface area contributed by atoms with E-state index in [1.54, 1.807) is 6.33 Å². The number of piperidine rings is 1. The smallest absolute Gasteiger partial charge is 0.230 e. The summed E-state index contributed by atoms with van der Waals surface area (Å²) in [4.78, 5) is 18.4. The van der Waals surface area contributed by atoms with Crippen LogP contribution in [0.4, 0.5) is 11.9 Å². The standard InChI is InChI=1S/C20H26N6/c1-19(2)12-25(9-8-23-19)17-21-14-22-18(24-17)26-11-16-10-20(16,13-26)15-6-4-3-5-7-15/h3-7,14,16,23H,8-13H2,1-2H3/t16-,20+/m0/s1. The molecule has 1 saturated carbocycles. The van der Waals surface area contributed by atoms with Gasteiger partial charge in [0.25, 0.3) is 0 Å². The first kappa shape index (κ1) is 16.0. The molecule has 1 aromatic carbocycles. The summed E-state index contributed by atoms with van der Waals surface area (Å²) >= 11 is 0. The number of nitrogens with zero attached hydrogens (tertiary/aromatic N) is 5. The minimum atomic E-state index is 0.0810. The molecule has 1 N–H and O–H groups in total.